The zero-order valence-electron chi connectivity index (χ0n) is 9.17. The first-order valence-electron chi connectivity index (χ1n) is 5.05. The summed E-state index contributed by atoms with van der Waals surface area (Å²) in [6, 6.07) is 8.52. The number of aromatic nitrogens is 1. The van der Waals surface area contributed by atoms with Crippen molar-refractivity contribution in [3.8, 4) is 0 Å². The van der Waals surface area contributed by atoms with Crippen molar-refractivity contribution < 1.29 is 8.78 Å². The lowest BCUT2D eigenvalue weighted by molar-refractivity contribution is 0.584. The van der Waals surface area contributed by atoms with Gasteiger partial charge in [0.2, 0.25) is 0 Å². The number of hydrogen-bond acceptors (Lipinski definition) is 3. The molecule has 0 unspecified atom stereocenters. The van der Waals surface area contributed by atoms with Crippen molar-refractivity contribution >= 4 is 17.3 Å². The third kappa shape index (κ3) is 2.90. The Kier molecular flexibility index (Phi) is 3.18. The molecule has 0 bridgehead atoms. The summed E-state index contributed by atoms with van der Waals surface area (Å²) in [6.45, 7) is 0. The van der Waals surface area contributed by atoms with E-state index >= 15 is 0 Å². The molecule has 0 atom stereocenters. The smallest absolute Gasteiger partial charge is 0.132 e. The van der Waals surface area contributed by atoms with E-state index < -0.39 is 11.6 Å². The fourth-order valence-electron chi connectivity index (χ4n) is 1.42. The second-order valence-electron chi connectivity index (χ2n) is 3.44. The summed E-state index contributed by atoms with van der Waals surface area (Å²) in [7, 11) is 1.74. The summed E-state index contributed by atoms with van der Waals surface area (Å²) < 4.78 is 25.9. The number of rotatable bonds is 3. The minimum atomic E-state index is -0.628. The highest BCUT2D eigenvalue weighted by atomic mass is 19.1. The van der Waals surface area contributed by atoms with Gasteiger partial charge in [-0.15, -0.1) is 0 Å². The quantitative estimate of drug-likeness (QED) is 0.858. The van der Waals surface area contributed by atoms with E-state index in [9.17, 15) is 8.78 Å². The molecule has 88 valence electrons. The lowest BCUT2D eigenvalue weighted by Crippen LogP contribution is -1.98. The molecule has 0 aliphatic carbocycles. The number of halogens is 2. The van der Waals surface area contributed by atoms with Gasteiger partial charge in [0.05, 0.1) is 0 Å². The molecule has 0 amide bonds. The summed E-state index contributed by atoms with van der Waals surface area (Å²) >= 11 is 0. The molecule has 0 saturated carbocycles. The largest absolute Gasteiger partial charge is 0.373 e. The molecule has 3 nitrogen and oxygen atoms in total. The fraction of sp³-hybridized carbons (Fsp3) is 0.0833. The molecule has 0 radical (unpaired) electrons. The number of nitrogens with zero attached hydrogens (tertiary/aromatic N) is 1. The van der Waals surface area contributed by atoms with Crippen LogP contribution < -0.4 is 10.6 Å². The van der Waals surface area contributed by atoms with Gasteiger partial charge in [0.25, 0.3) is 0 Å². The lowest BCUT2D eigenvalue weighted by Gasteiger charge is -2.07. The minimum Gasteiger partial charge on any atom is -0.373 e. The van der Waals surface area contributed by atoms with E-state index in [1.807, 2.05) is 0 Å². The van der Waals surface area contributed by atoms with Gasteiger partial charge in [-0.25, -0.2) is 13.8 Å². The molecule has 2 rings (SSSR count). The van der Waals surface area contributed by atoms with E-state index in [1.165, 1.54) is 12.1 Å². The molecular weight excluding hydrogens is 224 g/mol. The fourth-order valence-corrected chi connectivity index (χ4v) is 1.42. The molecule has 0 fully saturated rings. The third-order valence-corrected chi connectivity index (χ3v) is 2.14. The first-order valence-corrected chi connectivity index (χ1v) is 5.05. The Bertz CT molecular complexity index is 509. The van der Waals surface area contributed by atoms with Gasteiger partial charge < -0.3 is 10.6 Å². The maximum absolute atomic E-state index is 13.0. The van der Waals surface area contributed by atoms with Crippen molar-refractivity contribution in [2.45, 2.75) is 0 Å². The first kappa shape index (κ1) is 11.3. The number of pyridine rings is 1. The zero-order valence-corrected chi connectivity index (χ0v) is 9.17. The molecule has 0 aliphatic heterocycles. The molecule has 2 N–H and O–H groups in total. The normalized spacial score (nSPS) is 10.1. The van der Waals surface area contributed by atoms with Crippen LogP contribution in [0.1, 0.15) is 0 Å². The van der Waals surface area contributed by atoms with E-state index in [-0.39, 0.29) is 0 Å². The average Bonchev–Trinajstić information content (AvgIpc) is 2.28. The molecular formula is C12H11F2N3. The summed E-state index contributed by atoms with van der Waals surface area (Å²) in [6.07, 6.45) is 0. The number of benzene rings is 1. The Hall–Kier alpha value is -2.17. The number of anilines is 3. The monoisotopic (exact) mass is 235 g/mol. The van der Waals surface area contributed by atoms with Crippen LogP contribution in [0.15, 0.2) is 36.4 Å². The average molecular weight is 235 g/mol. The van der Waals surface area contributed by atoms with Crippen LogP contribution >= 0.6 is 0 Å². The van der Waals surface area contributed by atoms with Gasteiger partial charge in [-0.1, -0.05) is 6.07 Å². The second-order valence-corrected chi connectivity index (χ2v) is 3.44. The molecule has 17 heavy (non-hydrogen) atoms. The zero-order chi connectivity index (χ0) is 12.3. The van der Waals surface area contributed by atoms with Crippen LogP contribution in [0.4, 0.5) is 26.1 Å². The van der Waals surface area contributed by atoms with Crippen LogP contribution in [0.5, 0.6) is 0 Å². The molecule has 0 spiro atoms. The van der Waals surface area contributed by atoms with Crippen LogP contribution in [0.2, 0.25) is 0 Å². The maximum atomic E-state index is 13.0. The van der Waals surface area contributed by atoms with E-state index in [1.54, 1.807) is 25.2 Å². The van der Waals surface area contributed by atoms with Crippen molar-refractivity contribution in [1.29, 1.82) is 0 Å². The highest BCUT2D eigenvalue weighted by Gasteiger charge is 2.02. The maximum Gasteiger partial charge on any atom is 0.132 e. The molecule has 1 aromatic carbocycles. The highest BCUT2D eigenvalue weighted by molar-refractivity contribution is 5.58. The molecule has 5 heteroatoms. The van der Waals surface area contributed by atoms with E-state index in [0.29, 0.717) is 17.3 Å². The van der Waals surface area contributed by atoms with Gasteiger partial charge in [-0.3, -0.25) is 0 Å². The lowest BCUT2D eigenvalue weighted by atomic mass is 10.3. The van der Waals surface area contributed by atoms with Crippen molar-refractivity contribution in [3.63, 3.8) is 0 Å². The van der Waals surface area contributed by atoms with Gasteiger partial charge in [0.1, 0.15) is 23.3 Å². The van der Waals surface area contributed by atoms with Crippen molar-refractivity contribution in [2.75, 3.05) is 17.7 Å². The summed E-state index contributed by atoms with van der Waals surface area (Å²) in [5.41, 5.74) is 0.322. The molecule has 2 aromatic rings. The number of hydrogen-bond donors (Lipinski definition) is 2. The van der Waals surface area contributed by atoms with E-state index in [0.717, 1.165) is 6.07 Å². The van der Waals surface area contributed by atoms with E-state index in [4.69, 9.17) is 0 Å². The molecule has 0 aliphatic rings. The summed E-state index contributed by atoms with van der Waals surface area (Å²) in [5, 5.41) is 5.71. The minimum absolute atomic E-state index is 0.322. The van der Waals surface area contributed by atoms with Crippen molar-refractivity contribution in [1.82, 2.24) is 4.98 Å². The molecule has 0 saturated heterocycles. The van der Waals surface area contributed by atoms with Crippen LogP contribution in [-0.4, -0.2) is 12.0 Å². The van der Waals surface area contributed by atoms with E-state index in [2.05, 4.69) is 15.6 Å². The highest BCUT2D eigenvalue weighted by Crippen LogP contribution is 2.18. The second kappa shape index (κ2) is 4.78. The van der Waals surface area contributed by atoms with Gasteiger partial charge in [-0.2, -0.15) is 0 Å². The van der Waals surface area contributed by atoms with Crippen LogP contribution in [-0.2, 0) is 0 Å². The first-order chi connectivity index (χ1) is 8.17. The predicted molar refractivity (Wildman–Crippen MR) is 63.4 cm³/mol. The van der Waals surface area contributed by atoms with Crippen LogP contribution in [0.3, 0.4) is 0 Å². The molecule has 1 heterocycles. The summed E-state index contributed by atoms with van der Waals surface area (Å²) in [5.74, 6) is -0.0664. The van der Waals surface area contributed by atoms with Crippen molar-refractivity contribution in [2.24, 2.45) is 0 Å². The van der Waals surface area contributed by atoms with Crippen molar-refractivity contribution in [3.05, 3.63) is 48.0 Å². The number of nitrogens with one attached hydrogen (secondary N) is 2. The Morgan fingerprint density at radius 1 is 1.00 bits per heavy atom. The third-order valence-electron chi connectivity index (χ3n) is 2.14. The van der Waals surface area contributed by atoms with Crippen LogP contribution in [0, 0.1) is 11.6 Å². The topological polar surface area (TPSA) is 37.0 Å². The Balaban J connectivity index is 2.24. The summed E-state index contributed by atoms with van der Waals surface area (Å²) in [4.78, 5) is 4.18. The van der Waals surface area contributed by atoms with Gasteiger partial charge >= 0.3 is 0 Å². The van der Waals surface area contributed by atoms with Gasteiger partial charge in [0.15, 0.2) is 0 Å². The Morgan fingerprint density at radius 3 is 2.29 bits per heavy atom. The Morgan fingerprint density at radius 2 is 1.65 bits per heavy atom. The predicted octanol–water partition coefficient (Wildman–Crippen LogP) is 3.15. The van der Waals surface area contributed by atoms with Gasteiger partial charge in [-0.05, 0) is 24.3 Å². The van der Waals surface area contributed by atoms with Crippen LogP contribution in [0.25, 0.3) is 0 Å². The van der Waals surface area contributed by atoms with Gasteiger partial charge in [0, 0.05) is 18.8 Å². The SMILES string of the molecule is CNc1cccc(Nc2cc(F)cc(F)c2)n1. The molecule has 1 aromatic heterocycles. The Labute approximate surface area is 97.5 Å². The standard InChI is InChI=1S/C12H11F2N3/c1-15-11-3-2-4-12(17-11)16-10-6-8(13)5-9(14)7-10/h2-7H,1H3,(H2,15,16,17).